The first-order chi connectivity index (χ1) is 16.6. The molecule has 0 unspecified atom stereocenters. The third-order valence-electron chi connectivity index (χ3n) is 6.15. The molecule has 0 radical (unpaired) electrons. The van der Waals surface area contributed by atoms with Crippen LogP contribution in [0.4, 0.5) is 5.69 Å². The first-order valence-electron chi connectivity index (χ1n) is 11.2. The van der Waals surface area contributed by atoms with Crippen molar-refractivity contribution >= 4 is 44.6 Å². The molecule has 1 N–H and O–H groups in total. The first kappa shape index (κ1) is 21.0. The molecule has 1 aliphatic rings. The van der Waals surface area contributed by atoms with Gasteiger partial charge >= 0.3 is 0 Å². The number of rotatable bonds is 4. The average Bonchev–Trinajstić information content (AvgIpc) is 3.54. The Morgan fingerprint density at radius 2 is 1.74 bits per heavy atom. The van der Waals surface area contributed by atoms with Gasteiger partial charge < -0.3 is 10.2 Å². The van der Waals surface area contributed by atoms with Crippen LogP contribution in [-0.4, -0.2) is 19.6 Å². The van der Waals surface area contributed by atoms with Crippen LogP contribution in [0.1, 0.15) is 34.6 Å². The number of para-hydroxylation sites is 1. The molecule has 0 amide bonds. The second kappa shape index (κ2) is 8.34. The molecule has 2 aromatic carbocycles. The van der Waals surface area contributed by atoms with Gasteiger partial charge in [0.1, 0.15) is 6.04 Å². The van der Waals surface area contributed by atoms with Crippen LogP contribution in [0.15, 0.2) is 85.2 Å². The van der Waals surface area contributed by atoms with Gasteiger partial charge in [-0.15, -0.1) is 0 Å². The van der Waals surface area contributed by atoms with E-state index in [2.05, 4.69) is 94.4 Å². The minimum absolute atomic E-state index is 0.0920. The highest BCUT2D eigenvalue weighted by Gasteiger charge is 2.42. The molecular formula is C27H23N5S2. The number of fused-ring (bicyclic) bond motifs is 1. The number of nitrogens with one attached hydrogen (secondary N) is 1. The van der Waals surface area contributed by atoms with Crippen molar-refractivity contribution in [1.29, 1.82) is 0 Å². The molecule has 6 rings (SSSR count). The number of benzene rings is 2. The van der Waals surface area contributed by atoms with E-state index in [1.54, 1.807) is 11.3 Å². The molecule has 3 aromatic heterocycles. The molecule has 0 bridgehead atoms. The molecular weight excluding hydrogens is 458 g/mol. The van der Waals surface area contributed by atoms with Crippen molar-refractivity contribution in [1.82, 2.24) is 19.9 Å². The topological polar surface area (TPSA) is 46.0 Å². The lowest BCUT2D eigenvalue weighted by Crippen LogP contribution is -2.30. The Bertz CT molecular complexity index is 1450. The van der Waals surface area contributed by atoms with Crippen molar-refractivity contribution in [2.45, 2.75) is 25.9 Å². The number of thiazole rings is 1. The maximum atomic E-state index is 5.91. The number of thiocarbonyl (C=S) groups is 1. The molecule has 7 heteroatoms. The van der Waals surface area contributed by atoms with Crippen molar-refractivity contribution in [2.75, 3.05) is 4.90 Å². The van der Waals surface area contributed by atoms with Crippen molar-refractivity contribution in [2.24, 2.45) is 0 Å². The van der Waals surface area contributed by atoms with E-state index in [4.69, 9.17) is 17.2 Å². The fraction of sp³-hybridized carbons (Fsp3) is 0.148. The van der Waals surface area contributed by atoms with Crippen molar-refractivity contribution < 1.29 is 0 Å². The SMILES string of the molecule is Cc1cc(C)cc(N2C(=S)N[C@@H](c3ccccn3)[C@H]2c2cccn2-c2nc3ccccc3s2)c1. The maximum absolute atomic E-state index is 5.91. The highest BCUT2D eigenvalue weighted by atomic mass is 32.1. The van der Waals surface area contributed by atoms with Crippen LogP contribution in [0.3, 0.4) is 0 Å². The largest absolute Gasteiger partial charge is 0.351 e. The van der Waals surface area contributed by atoms with Gasteiger partial charge in [0.25, 0.3) is 0 Å². The molecule has 0 spiro atoms. The summed E-state index contributed by atoms with van der Waals surface area (Å²) in [5, 5.41) is 5.21. The summed E-state index contributed by atoms with van der Waals surface area (Å²) in [5.74, 6) is 0. The monoisotopic (exact) mass is 481 g/mol. The third-order valence-corrected chi connectivity index (χ3v) is 7.50. The Balaban J connectivity index is 1.53. The third kappa shape index (κ3) is 3.57. The summed E-state index contributed by atoms with van der Waals surface area (Å²) in [4.78, 5) is 11.8. The second-order valence-corrected chi connectivity index (χ2v) is 10.0. The fourth-order valence-electron chi connectivity index (χ4n) is 4.80. The predicted octanol–water partition coefficient (Wildman–Crippen LogP) is 6.28. The molecule has 5 nitrogen and oxygen atoms in total. The summed E-state index contributed by atoms with van der Waals surface area (Å²) >= 11 is 7.61. The van der Waals surface area contributed by atoms with Gasteiger partial charge in [-0.05, 0) is 85.7 Å². The summed E-state index contributed by atoms with van der Waals surface area (Å²) < 4.78 is 3.36. The Kier molecular flexibility index (Phi) is 5.16. The van der Waals surface area contributed by atoms with E-state index >= 15 is 0 Å². The Labute approximate surface area is 207 Å². The zero-order valence-corrected chi connectivity index (χ0v) is 20.5. The number of aromatic nitrogens is 3. The van der Waals surface area contributed by atoms with E-state index in [1.165, 1.54) is 15.8 Å². The molecule has 1 aliphatic heterocycles. The minimum atomic E-state index is -0.0995. The highest BCUT2D eigenvalue weighted by Crippen LogP contribution is 2.43. The van der Waals surface area contributed by atoms with Crippen LogP contribution >= 0.6 is 23.6 Å². The van der Waals surface area contributed by atoms with Crippen LogP contribution in [0.5, 0.6) is 0 Å². The average molecular weight is 482 g/mol. The smallest absolute Gasteiger partial charge is 0.194 e. The van der Waals surface area contributed by atoms with E-state index in [0.29, 0.717) is 5.11 Å². The van der Waals surface area contributed by atoms with E-state index in [9.17, 15) is 0 Å². The van der Waals surface area contributed by atoms with Crippen molar-refractivity contribution in [3.63, 3.8) is 0 Å². The number of aryl methyl sites for hydroxylation is 2. The van der Waals surface area contributed by atoms with Crippen LogP contribution in [0.2, 0.25) is 0 Å². The Morgan fingerprint density at radius 3 is 2.50 bits per heavy atom. The Hall–Kier alpha value is -3.55. The summed E-state index contributed by atoms with van der Waals surface area (Å²) in [6.07, 6.45) is 3.92. The van der Waals surface area contributed by atoms with Crippen molar-refractivity contribution in [3.05, 3.63) is 108 Å². The van der Waals surface area contributed by atoms with E-state index in [0.717, 1.165) is 27.7 Å². The summed E-state index contributed by atoms with van der Waals surface area (Å²) in [6.45, 7) is 4.25. The quantitative estimate of drug-likeness (QED) is 0.306. The molecule has 4 heterocycles. The standard InChI is InChI=1S/C27H23N5S2/c1-17-14-18(2)16-19(15-17)32-25(24(30-26(32)33)21-9-5-6-12-28-21)22-10-7-13-31(22)27-29-20-8-3-4-11-23(20)34-27/h3-16,24-25H,1-2H3,(H,30,33)/t24-,25+/m0/s1. The maximum Gasteiger partial charge on any atom is 0.194 e. The molecule has 1 saturated heterocycles. The molecule has 2 atom stereocenters. The highest BCUT2D eigenvalue weighted by molar-refractivity contribution is 7.80. The van der Waals surface area contributed by atoms with Gasteiger partial charge in [0.2, 0.25) is 0 Å². The number of pyridine rings is 1. The van der Waals surface area contributed by atoms with Gasteiger partial charge in [0, 0.05) is 18.1 Å². The molecule has 0 saturated carbocycles. The molecule has 34 heavy (non-hydrogen) atoms. The summed E-state index contributed by atoms with van der Waals surface area (Å²) in [7, 11) is 0. The lowest BCUT2D eigenvalue weighted by atomic mass is 10.0. The number of hydrogen-bond donors (Lipinski definition) is 1. The van der Waals surface area contributed by atoms with Gasteiger partial charge in [-0.3, -0.25) is 9.55 Å². The van der Waals surface area contributed by atoms with Gasteiger partial charge in [-0.1, -0.05) is 35.6 Å². The Morgan fingerprint density at radius 1 is 0.941 bits per heavy atom. The van der Waals surface area contributed by atoms with Crippen LogP contribution in [0, 0.1) is 13.8 Å². The summed E-state index contributed by atoms with van der Waals surface area (Å²) in [6, 6.07) is 24.9. The van der Waals surface area contributed by atoms with Gasteiger partial charge in [0.05, 0.1) is 27.6 Å². The predicted molar refractivity (Wildman–Crippen MR) is 143 cm³/mol. The zero-order chi connectivity index (χ0) is 23.2. The van der Waals surface area contributed by atoms with Crippen LogP contribution in [-0.2, 0) is 0 Å². The normalized spacial score (nSPS) is 17.9. The second-order valence-electron chi connectivity index (χ2n) is 8.61. The van der Waals surface area contributed by atoms with E-state index < -0.39 is 0 Å². The van der Waals surface area contributed by atoms with Gasteiger partial charge in [-0.2, -0.15) is 0 Å². The van der Waals surface area contributed by atoms with Crippen molar-refractivity contribution in [3.8, 4) is 5.13 Å². The van der Waals surface area contributed by atoms with Crippen LogP contribution in [0.25, 0.3) is 15.3 Å². The molecule has 1 fully saturated rings. The number of nitrogens with zero attached hydrogens (tertiary/aromatic N) is 4. The minimum Gasteiger partial charge on any atom is -0.351 e. The van der Waals surface area contributed by atoms with E-state index in [1.807, 2.05) is 24.4 Å². The number of anilines is 1. The molecule has 5 aromatic rings. The van der Waals surface area contributed by atoms with E-state index in [-0.39, 0.29) is 12.1 Å². The van der Waals surface area contributed by atoms with Gasteiger partial charge in [-0.25, -0.2) is 4.98 Å². The lowest BCUT2D eigenvalue weighted by molar-refractivity contribution is 0.549. The molecule has 168 valence electrons. The zero-order valence-electron chi connectivity index (χ0n) is 18.8. The fourth-order valence-corrected chi connectivity index (χ4v) is 6.11. The lowest BCUT2D eigenvalue weighted by Gasteiger charge is -2.29. The number of hydrogen-bond acceptors (Lipinski definition) is 4. The molecule has 0 aliphatic carbocycles. The first-order valence-corrected chi connectivity index (χ1v) is 12.4. The summed E-state index contributed by atoms with van der Waals surface area (Å²) in [5.41, 5.74) is 6.57. The van der Waals surface area contributed by atoms with Gasteiger partial charge in [0.15, 0.2) is 10.2 Å². The van der Waals surface area contributed by atoms with Crippen LogP contribution < -0.4 is 10.2 Å².